The van der Waals surface area contributed by atoms with Crippen molar-refractivity contribution in [1.29, 1.82) is 0 Å². The molecule has 0 heterocycles. The first-order valence-corrected chi connectivity index (χ1v) is 12.0. The number of rotatable bonds is 12. The van der Waals surface area contributed by atoms with E-state index in [-0.39, 0.29) is 12.3 Å². The summed E-state index contributed by atoms with van der Waals surface area (Å²) >= 11 is 0. The molecule has 36 heavy (non-hydrogen) atoms. The third-order valence-electron chi connectivity index (χ3n) is 6.20. The molecule has 0 aliphatic rings. The molecule has 0 spiro atoms. The van der Waals surface area contributed by atoms with Gasteiger partial charge in [-0.2, -0.15) is 0 Å². The fourth-order valence-electron chi connectivity index (χ4n) is 4.30. The largest absolute Gasteiger partial charge is 0.493 e. The first kappa shape index (κ1) is 25.0. The molecule has 0 amide bonds. The van der Waals surface area contributed by atoms with Crippen LogP contribution in [0.15, 0.2) is 109 Å². The van der Waals surface area contributed by atoms with Gasteiger partial charge in [0.05, 0.1) is 7.11 Å². The highest BCUT2D eigenvalue weighted by atomic mass is 16.5. The Morgan fingerprint density at radius 2 is 1.39 bits per heavy atom. The van der Waals surface area contributed by atoms with Crippen LogP contribution in [0.5, 0.6) is 11.5 Å². The van der Waals surface area contributed by atoms with E-state index in [9.17, 15) is 9.90 Å². The van der Waals surface area contributed by atoms with Crippen LogP contribution in [0.4, 0.5) is 0 Å². The van der Waals surface area contributed by atoms with Gasteiger partial charge in [0.15, 0.2) is 11.5 Å². The fraction of sp³-hybridized carbons (Fsp3) is 0.194. The lowest BCUT2D eigenvalue weighted by atomic mass is 9.91. The Bertz CT molecular complexity index is 1190. The molecule has 4 rings (SSSR count). The summed E-state index contributed by atoms with van der Waals surface area (Å²) in [5.74, 6) is 0.263. The van der Waals surface area contributed by atoms with Crippen molar-refractivity contribution in [3.63, 3.8) is 0 Å². The van der Waals surface area contributed by atoms with Gasteiger partial charge in [0.1, 0.15) is 12.6 Å². The third-order valence-corrected chi connectivity index (χ3v) is 6.20. The number of para-hydroxylation sites is 1. The minimum atomic E-state index is -0.910. The van der Waals surface area contributed by atoms with Crippen LogP contribution in [0.2, 0.25) is 0 Å². The molecule has 0 radical (unpaired) electrons. The molecule has 1 atom stereocenters. The molecule has 1 unspecified atom stereocenters. The molecule has 184 valence electrons. The summed E-state index contributed by atoms with van der Waals surface area (Å²) in [4.78, 5) is 12.3. The van der Waals surface area contributed by atoms with Crippen molar-refractivity contribution >= 4 is 5.97 Å². The van der Waals surface area contributed by atoms with E-state index in [0.29, 0.717) is 24.7 Å². The van der Waals surface area contributed by atoms with Crippen LogP contribution in [0, 0.1) is 0 Å². The van der Waals surface area contributed by atoms with Gasteiger partial charge in [-0.05, 0) is 22.8 Å². The molecule has 0 fully saturated rings. The second-order valence-electron chi connectivity index (χ2n) is 8.60. The summed E-state index contributed by atoms with van der Waals surface area (Å²) in [5.41, 5.74) is 4.07. The van der Waals surface area contributed by atoms with Gasteiger partial charge >= 0.3 is 5.97 Å². The van der Waals surface area contributed by atoms with Gasteiger partial charge in [-0.1, -0.05) is 103 Å². The Morgan fingerprint density at radius 3 is 1.94 bits per heavy atom. The summed E-state index contributed by atoms with van der Waals surface area (Å²) in [5, 5.41) is 13.4. The second kappa shape index (κ2) is 12.6. The highest BCUT2D eigenvalue weighted by molar-refractivity contribution is 5.74. The predicted octanol–water partition coefficient (Wildman–Crippen LogP) is 5.69. The fourth-order valence-corrected chi connectivity index (χ4v) is 4.30. The smallest absolute Gasteiger partial charge is 0.321 e. The number of methoxy groups -OCH3 is 1. The summed E-state index contributed by atoms with van der Waals surface area (Å²) in [6.45, 7) is 0.846. The van der Waals surface area contributed by atoms with Crippen LogP contribution in [0.25, 0.3) is 0 Å². The zero-order valence-electron chi connectivity index (χ0n) is 20.3. The van der Waals surface area contributed by atoms with Crippen LogP contribution < -0.4 is 14.8 Å². The van der Waals surface area contributed by atoms with Crippen LogP contribution in [-0.4, -0.2) is 30.8 Å². The van der Waals surface area contributed by atoms with Gasteiger partial charge in [-0.3, -0.25) is 4.79 Å². The number of hydrogen-bond donors (Lipinski definition) is 2. The number of nitrogens with one attached hydrogen (secondary N) is 1. The SMILES string of the molecule is COc1cccc(CC(NCC(c2ccccc2)c2ccccc2)C(=O)O)c1OCc1ccccc1. The van der Waals surface area contributed by atoms with E-state index in [0.717, 1.165) is 22.3 Å². The van der Waals surface area contributed by atoms with E-state index in [1.807, 2.05) is 84.9 Å². The first-order chi connectivity index (χ1) is 17.7. The zero-order chi connectivity index (χ0) is 25.2. The highest BCUT2D eigenvalue weighted by Crippen LogP contribution is 2.33. The number of carbonyl (C=O) groups is 1. The topological polar surface area (TPSA) is 67.8 Å². The summed E-state index contributed by atoms with van der Waals surface area (Å²) < 4.78 is 11.7. The molecular formula is C31H31NO4. The molecule has 4 aromatic carbocycles. The Labute approximate surface area is 212 Å². The van der Waals surface area contributed by atoms with Crippen molar-refractivity contribution in [2.75, 3.05) is 13.7 Å². The van der Waals surface area contributed by atoms with Gasteiger partial charge in [0.2, 0.25) is 0 Å². The molecule has 0 saturated heterocycles. The van der Waals surface area contributed by atoms with Crippen molar-refractivity contribution in [3.05, 3.63) is 131 Å². The molecule has 0 bridgehead atoms. The van der Waals surface area contributed by atoms with E-state index in [1.54, 1.807) is 7.11 Å². The van der Waals surface area contributed by atoms with Crippen molar-refractivity contribution in [3.8, 4) is 11.5 Å². The van der Waals surface area contributed by atoms with Crippen molar-refractivity contribution < 1.29 is 19.4 Å². The Balaban J connectivity index is 1.54. The lowest BCUT2D eigenvalue weighted by molar-refractivity contribution is -0.139. The predicted molar refractivity (Wildman–Crippen MR) is 142 cm³/mol. The maximum atomic E-state index is 12.3. The van der Waals surface area contributed by atoms with Gasteiger partial charge < -0.3 is 19.9 Å². The standard InChI is InChI=1S/C31H31NO4/c1-35-29-19-11-18-26(30(29)36-22-23-12-5-2-6-13-23)20-28(31(33)34)32-21-27(24-14-7-3-8-15-24)25-16-9-4-10-17-25/h2-19,27-28,32H,20-22H2,1H3,(H,33,34). The number of aliphatic carboxylic acids is 1. The van der Waals surface area contributed by atoms with Crippen LogP contribution >= 0.6 is 0 Å². The number of carboxylic acid groups (broad SMARTS) is 1. The van der Waals surface area contributed by atoms with Crippen LogP contribution in [0.1, 0.15) is 28.2 Å². The Morgan fingerprint density at radius 1 is 0.806 bits per heavy atom. The molecule has 5 heteroatoms. The van der Waals surface area contributed by atoms with Crippen molar-refractivity contribution in [2.24, 2.45) is 0 Å². The molecular weight excluding hydrogens is 450 g/mol. The average molecular weight is 482 g/mol. The molecule has 5 nitrogen and oxygen atoms in total. The van der Waals surface area contributed by atoms with Crippen molar-refractivity contribution in [2.45, 2.75) is 25.0 Å². The minimum absolute atomic E-state index is 0.0216. The van der Waals surface area contributed by atoms with E-state index >= 15 is 0 Å². The number of hydrogen-bond acceptors (Lipinski definition) is 4. The van der Waals surface area contributed by atoms with Crippen molar-refractivity contribution in [1.82, 2.24) is 5.32 Å². The van der Waals surface area contributed by atoms with E-state index in [1.165, 1.54) is 0 Å². The molecule has 0 aliphatic carbocycles. The van der Waals surface area contributed by atoms with E-state index in [2.05, 4.69) is 29.6 Å². The lowest BCUT2D eigenvalue weighted by Crippen LogP contribution is -2.41. The van der Waals surface area contributed by atoms with Crippen LogP contribution in [0.3, 0.4) is 0 Å². The molecule has 2 N–H and O–H groups in total. The van der Waals surface area contributed by atoms with Gasteiger partial charge in [0, 0.05) is 24.4 Å². The minimum Gasteiger partial charge on any atom is -0.493 e. The summed E-state index contributed by atoms with van der Waals surface area (Å²) in [6.07, 6.45) is 0.257. The Hall–Kier alpha value is -4.09. The third kappa shape index (κ3) is 6.52. The van der Waals surface area contributed by atoms with Gasteiger partial charge in [0.25, 0.3) is 0 Å². The monoisotopic (exact) mass is 481 g/mol. The number of benzene rings is 4. The normalized spacial score (nSPS) is 11.7. The van der Waals surface area contributed by atoms with Gasteiger partial charge in [-0.15, -0.1) is 0 Å². The average Bonchev–Trinajstić information content (AvgIpc) is 2.93. The molecule has 4 aromatic rings. The summed E-state index contributed by atoms with van der Waals surface area (Å²) in [7, 11) is 1.59. The highest BCUT2D eigenvalue weighted by Gasteiger charge is 2.24. The zero-order valence-corrected chi connectivity index (χ0v) is 20.3. The van der Waals surface area contributed by atoms with E-state index in [4.69, 9.17) is 9.47 Å². The van der Waals surface area contributed by atoms with Gasteiger partial charge in [-0.25, -0.2) is 0 Å². The number of ether oxygens (including phenoxy) is 2. The maximum Gasteiger partial charge on any atom is 0.321 e. The quantitative estimate of drug-likeness (QED) is 0.272. The van der Waals surface area contributed by atoms with E-state index < -0.39 is 12.0 Å². The first-order valence-electron chi connectivity index (χ1n) is 12.0. The van der Waals surface area contributed by atoms with Crippen LogP contribution in [-0.2, 0) is 17.8 Å². The number of carboxylic acids is 1. The maximum absolute atomic E-state index is 12.3. The molecule has 0 saturated carbocycles. The molecule has 0 aliphatic heterocycles. The lowest BCUT2D eigenvalue weighted by Gasteiger charge is -2.23. The second-order valence-corrected chi connectivity index (χ2v) is 8.60. The Kier molecular flexibility index (Phi) is 8.73. The molecule has 0 aromatic heterocycles. The summed E-state index contributed by atoms with van der Waals surface area (Å²) in [6, 6.07) is 34.9.